The molecule has 2 N–H and O–H groups in total. The average Bonchev–Trinajstić information content (AvgIpc) is 0.747. The Kier molecular flexibility index (Phi) is 37.6. The largest absolute Gasteiger partial charge is 0.748 e. The van der Waals surface area contributed by atoms with Gasteiger partial charge in [0.05, 0.1) is 74.7 Å². The molecule has 7 aromatic carbocycles. The predicted molar refractivity (Wildman–Crippen MR) is 584 cm³/mol. The molecule has 37 heteroatoms. The van der Waals surface area contributed by atoms with E-state index in [1.807, 2.05) is 219 Å². The van der Waals surface area contributed by atoms with Crippen molar-refractivity contribution in [3.63, 3.8) is 0 Å². The van der Waals surface area contributed by atoms with Crippen molar-refractivity contribution in [2.24, 2.45) is 0 Å². The summed E-state index contributed by atoms with van der Waals surface area (Å²) in [6, 6.07) is 62.8. The van der Waals surface area contributed by atoms with E-state index in [-0.39, 0.29) is 52.4 Å². The van der Waals surface area contributed by atoms with Crippen LogP contribution in [0.1, 0.15) is 128 Å². The Morgan fingerprint density at radius 3 is 1.08 bits per heavy atom. The molecule has 0 radical (unpaired) electrons. The second-order valence-corrected chi connectivity index (χ2v) is 41.3. The number of nitrogens with zero attached hydrogens (tertiary/aromatic N) is 13. The highest BCUT2D eigenvalue weighted by atomic mass is 32.2. The molecule has 0 amide bonds. The molecule has 0 spiro atoms. The van der Waals surface area contributed by atoms with Crippen LogP contribution in [0.2, 0.25) is 0 Å². The number of ketones is 5. The zero-order valence-electron chi connectivity index (χ0n) is 87.1. The average molecular weight is 2090 g/mol. The van der Waals surface area contributed by atoms with E-state index in [1.54, 1.807) is 39.8 Å². The fourth-order valence-corrected chi connectivity index (χ4v) is 18.7. The fourth-order valence-electron chi connectivity index (χ4n) is 17.2. The lowest BCUT2D eigenvalue weighted by molar-refractivity contribution is -0.117. The first-order chi connectivity index (χ1) is 71.1. The number of hydrogen-bond acceptors (Lipinski definition) is 29. The van der Waals surface area contributed by atoms with Gasteiger partial charge in [-0.1, -0.05) is 30.3 Å². The topological polar surface area (TPSA) is 436 Å². The first-order valence-electron chi connectivity index (χ1n) is 49.9. The van der Waals surface area contributed by atoms with Gasteiger partial charge in [0, 0.05) is 187 Å². The Hall–Kier alpha value is -14.8. The van der Waals surface area contributed by atoms with Crippen LogP contribution < -0.4 is 75.0 Å². The third kappa shape index (κ3) is 29.9. The second kappa shape index (κ2) is 50.3. The summed E-state index contributed by atoms with van der Waals surface area (Å²) < 4.78 is 141. The Labute approximate surface area is 865 Å². The predicted octanol–water partition coefficient (Wildman–Crippen LogP) is 14.4. The van der Waals surface area contributed by atoms with Crippen LogP contribution in [0.15, 0.2) is 227 Å². The molecule has 0 aromatic heterocycles. The normalized spacial score (nSPS) is 12.3. The molecule has 0 unspecified atom stereocenters. The summed E-state index contributed by atoms with van der Waals surface area (Å²) in [4.78, 5) is 86.3. The molecule has 0 saturated heterocycles. The van der Waals surface area contributed by atoms with Crippen molar-refractivity contribution < 1.29 is 85.0 Å². The van der Waals surface area contributed by atoms with E-state index in [2.05, 4.69) is 87.4 Å². The Bertz CT molecular complexity index is 8430. The summed E-state index contributed by atoms with van der Waals surface area (Å²) in [7, 11) is -3.24. The fraction of sp³-hybridized carbons (Fsp3) is 0.348. The maximum absolute atomic E-state index is 11.6. The zero-order valence-corrected chi connectivity index (χ0v) is 89.6. The van der Waals surface area contributed by atoms with E-state index >= 15 is 0 Å². The lowest BCUT2D eigenvalue weighted by Gasteiger charge is -2.23. The third-order valence-corrected chi connectivity index (χ3v) is 28.0. The second-order valence-electron chi connectivity index (χ2n) is 36.9. The van der Waals surface area contributed by atoms with Gasteiger partial charge < -0.3 is 65.9 Å². The number of carbonyl (C=O) groups is 5. The van der Waals surface area contributed by atoms with Crippen molar-refractivity contribution in [2.45, 2.75) is 132 Å². The maximum atomic E-state index is 11.6. The van der Waals surface area contributed by atoms with Crippen molar-refractivity contribution in [3.8, 4) is 57.3 Å². The van der Waals surface area contributed by atoms with Crippen LogP contribution in [-0.4, -0.2) is 225 Å². The summed E-state index contributed by atoms with van der Waals surface area (Å²) in [5.41, 5.74) is 15.2. The maximum Gasteiger partial charge on any atom is 0.203 e. The lowest BCUT2D eigenvalue weighted by Crippen LogP contribution is -2.29. The summed E-state index contributed by atoms with van der Waals surface area (Å²) in [5, 5.41) is 14.4. The van der Waals surface area contributed by atoms with Crippen LogP contribution in [0, 0.1) is 0 Å². The number of carbonyl (C=O) groups excluding carboxylic acids is 5. The number of rotatable bonds is 36. The zero-order chi connectivity index (χ0) is 107. The van der Waals surface area contributed by atoms with Gasteiger partial charge in [-0.2, -0.15) is 0 Å². The van der Waals surface area contributed by atoms with E-state index in [4.69, 9.17) is 42.0 Å². The summed E-state index contributed by atoms with van der Waals surface area (Å²) in [6.45, 7) is 29.6. The minimum absolute atomic E-state index is 0.0247. The molecule has 7 aromatic rings. The van der Waals surface area contributed by atoms with Crippen LogP contribution in [0.5, 0.6) is 0 Å². The molecule has 5 aliphatic heterocycles. The van der Waals surface area contributed by atoms with E-state index < -0.39 is 36.1 Å². The first kappa shape index (κ1) is 111. The quantitative estimate of drug-likeness (QED) is 0.0121. The molecule has 0 saturated carbocycles. The molecule has 34 nitrogen and oxygen atoms in total. The minimum Gasteiger partial charge on any atom is -0.748 e. The van der Waals surface area contributed by atoms with Gasteiger partial charge in [-0.3, -0.25) is 19.2 Å². The number of benzene rings is 12. The number of hydrogen-bond donors (Lipinski definition) is 2. The van der Waals surface area contributed by atoms with Gasteiger partial charge in [-0.15, -0.1) is 0 Å². The molecular weight excluding hydrogens is 1960 g/mol. The van der Waals surface area contributed by atoms with Gasteiger partial charge in [0.15, 0.2) is 56.7 Å². The summed E-state index contributed by atoms with van der Waals surface area (Å²) >= 11 is 0. The number of Topliss-reactive ketones (excluding diaryl/α,β-unsaturated/α-hetero) is 5. The van der Waals surface area contributed by atoms with Gasteiger partial charge >= 0.3 is 0 Å². The van der Waals surface area contributed by atoms with Crippen LogP contribution in [-0.2, 0) is 54.3 Å². The van der Waals surface area contributed by atoms with Crippen LogP contribution in [0.4, 0.5) is 28.4 Å². The molecule has 17 rings (SSSR count). The molecular formula is C112H129N15O19S3+2. The highest BCUT2D eigenvalue weighted by Gasteiger charge is 2.24. The molecule has 0 bridgehead atoms. The van der Waals surface area contributed by atoms with Gasteiger partial charge in [0.2, 0.25) is 26.8 Å². The molecule has 0 fully saturated rings. The number of nitrogens with one attached hydrogen (secondary N) is 2. The van der Waals surface area contributed by atoms with E-state index in [1.165, 1.54) is 19.1 Å². The van der Waals surface area contributed by atoms with Gasteiger partial charge in [-0.25, -0.2) is 73.1 Å². The summed E-state index contributed by atoms with van der Waals surface area (Å²) in [5.74, 6) is 3.35. The Morgan fingerprint density at radius 2 is 0.685 bits per heavy atom. The third-order valence-electron chi connectivity index (χ3n) is 25.6. The first-order valence-corrected chi connectivity index (χ1v) is 54.5. The molecule has 149 heavy (non-hydrogen) atoms. The van der Waals surface area contributed by atoms with E-state index in [9.17, 15) is 62.9 Å². The smallest absolute Gasteiger partial charge is 0.203 e. The van der Waals surface area contributed by atoms with E-state index in [0.717, 1.165) is 168 Å². The van der Waals surface area contributed by atoms with Crippen molar-refractivity contribution in [1.29, 1.82) is 0 Å². The SMILES string of the molecule is CC(=O)CC[N+](C)=c1ccc2nc3c(cc(NCCCS(=O)(=O)[O-])c4ccccc43)oc-2c1.CCN(CC)c1ccc2nc3ccc(=[N+](C)CCC(C)=O)cc-3oc2c1.CCN(CCCC(C)=O)c1ccc2nc3ccc(=[N+](C)C)cc-3oc2c1.CCN(CCCS(=O)(=O)[O-])c1ccc2nc3ccc(=[N+](C)CCC(C)=O)cc-3oc2c1.CC[N+](CC)=c1ccc2nc3c(cc(NCCC(C)=O)c4cc(S(=O)(=O)[O-])ccc43)oc-2c1. The molecule has 0 atom stereocenters. The van der Waals surface area contributed by atoms with Crippen LogP contribution >= 0.6 is 0 Å². The lowest BCUT2D eigenvalue weighted by atomic mass is 10.1. The number of anilines is 5. The highest BCUT2D eigenvalue weighted by molar-refractivity contribution is 7.86. The van der Waals surface area contributed by atoms with Crippen molar-refractivity contribution in [2.75, 3.05) is 157 Å². The van der Waals surface area contributed by atoms with Gasteiger partial charge in [-0.05, 0) is 174 Å². The summed E-state index contributed by atoms with van der Waals surface area (Å²) in [6.07, 6.45) is 3.74. The van der Waals surface area contributed by atoms with Crippen molar-refractivity contribution in [3.05, 3.63) is 227 Å². The van der Waals surface area contributed by atoms with Crippen molar-refractivity contribution >= 4 is 165 Å². The van der Waals surface area contributed by atoms with Crippen molar-refractivity contribution in [1.82, 2.24) is 47.8 Å². The molecule has 5 aliphatic carbocycles. The highest BCUT2D eigenvalue weighted by Crippen LogP contribution is 2.39. The standard InChI is InChI=1S/2C24H25N3O5S.C22H27N3O5S.2C21H26N3O2/c1-16(28)10-12-27(2)17-8-9-20-22(14-17)32-23-15-21(25-11-5-13-33(29,30)31)18-6-3-4-7-19(18)24(23)26-20;1-4-27(5-2)16-6-9-20-22(12-16)32-23-14-21(25-11-10-15(3)28)19-13-17(33(29,30)31)7-8-18(19)24(23)26-20;1-4-25(11-5-13-31(27,28)29)18-7-9-20-22(15-18)30-21-14-17(6-8-19(21)23-20)24(3)12-10-16(2)26;1-5-24(12-6-7-15(2)25)17-9-11-19-21(14-17)26-20-13-16(23(3)4)8-10-18(20)22-19;1-5-24(6-2)17-8-10-19-21(14-17)26-20-13-16(7-9-18(20)22-19)23(4)12-11-15(3)25/h3-4,6-9,14-15H,5,10-13H2,1-2H3,(H,29,30,31);6-9,12-14H,4-5,10-11H2,1-3H3,(H,29,30,31);6-9,14-15H,4-5,10-13H2,1-3H3;8-11,13-14H,5-7,12H2,1-4H3;7-10,13-14H,5-6,11-12H2,1-4H3/q;;;2*+1. The number of aromatic nitrogens is 5. The van der Waals surface area contributed by atoms with Gasteiger partial charge in [0.1, 0.15) is 163 Å². The van der Waals surface area contributed by atoms with Gasteiger partial charge in [0.25, 0.3) is 0 Å². The molecule has 10 aliphatic rings. The van der Waals surface area contributed by atoms with E-state index in [0.29, 0.717) is 145 Å². The van der Waals surface area contributed by atoms with Crippen LogP contribution in [0.25, 0.3) is 134 Å². The molecule has 782 valence electrons. The van der Waals surface area contributed by atoms with Crippen LogP contribution in [0.3, 0.4) is 0 Å². The Balaban J connectivity index is 0.000000156. The number of fused-ring (bicyclic) bond motifs is 14. The minimum atomic E-state index is -4.63. The Morgan fingerprint density at radius 1 is 0.336 bits per heavy atom. The monoisotopic (exact) mass is 2080 g/mol. The molecule has 5 heterocycles.